The summed E-state index contributed by atoms with van der Waals surface area (Å²) in [5, 5.41) is 16.9. The second-order valence-electron chi connectivity index (χ2n) is 6.36. The number of fused-ring (bicyclic) bond motifs is 1. The van der Waals surface area contributed by atoms with E-state index in [9.17, 15) is 9.65 Å². The van der Waals surface area contributed by atoms with Gasteiger partial charge in [-0.15, -0.1) is 5.10 Å². The molecule has 3 N–H and O–H groups in total. The summed E-state index contributed by atoms with van der Waals surface area (Å²) >= 11 is 0. The van der Waals surface area contributed by atoms with Gasteiger partial charge in [-0.25, -0.2) is 4.39 Å². The lowest BCUT2D eigenvalue weighted by Crippen LogP contribution is -2.21. The van der Waals surface area contributed by atoms with Gasteiger partial charge in [0.25, 0.3) is 0 Å². The van der Waals surface area contributed by atoms with E-state index in [0.29, 0.717) is 28.3 Å². The van der Waals surface area contributed by atoms with E-state index < -0.39 is 5.92 Å². The van der Waals surface area contributed by atoms with Crippen molar-refractivity contribution in [2.75, 3.05) is 14.2 Å². The van der Waals surface area contributed by atoms with E-state index in [2.05, 4.69) is 16.3 Å². The number of hydrogen-bond donors (Lipinski definition) is 2. The molecule has 1 unspecified atom stereocenters. The van der Waals surface area contributed by atoms with Crippen LogP contribution in [0.2, 0.25) is 0 Å². The van der Waals surface area contributed by atoms with Crippen LogP contribution in [0.15, 0.2) is 53.9 Å². The molecule has 0 radical (unpaired) electrons. The maximum Gasteiger partial charge on any atom is 0.244 e. The number of rotatable bonds is 4. The van der Waals surface area contributed by atoms with Crippen LogP contribution in [0, 0.1) is 17.1 Å². The van der Waals surface area contributed by atoms with Crippen molar-refractivity contribution in [3.63, 3.8) is 0 Å². The quantitative estimate of drug-likeness (QED) is 0.704. The Morgan fingerprint density at radius 1 is 1.14 bits per heavy atom. The van der Waals surface area contributed by atoms with E-state index in [1.807, 2.05) is 6.07 Å². The van der Waals surface area contributed by atoms with Crippen molar-refractivity contribution in [2.45, 2.75) is 5.92 Å². The number of hydrogen-bond acceptors (Lipinski definition) is 6. The van der Waals surface area contributed by atoms with Crippen LogP contribution in [0.1, 0.15) is 17.0 Å². The third kappa shape index (κ3) is 3.02. The monoisotopic (exact) mass is 392 g/mol. The van der Waals surface area contributed by atoms with Gasteiger partial charge in [0.15, 0.2) is 11.5 Å². The summed E-state index contributed by atoms with van der Waals surface area (Å²) < 4.78 is 29.7. The summed E-state index contributed by atoms with van der Waals surface area (Å²) in [5.41, 5.74) is 8.94. The van der Waals surface area contributed by atoms with Crippen LogP contribution in [0.4, 0.5) is 4.39 Å². The van der Waals surface area contributed by atoms with Gasteiger partial charge in [-0.3, -0.25) is 5.10 Å². The second-order valence-corrected chi connectivity index (χ2v) is 6.36. The fourth-order valence-corrected chi connectivity index (χ4v) is 3.45. The largest absolute Gasteiger partial charge is 0.493 e. The molecule has 7 nitrogen and oxygen atoms in total. The van der Waals surface area contributed by atoms with E-state index in [1.54, 1.807) is 31.4 Å². The SMILES string of the molecule is COc1ccc(C2C(C#N)=C(N)Oc3n[nH]c(-c4ccc(F)cc4)c32)cc1OC. The fourth-order valence-electron chi connectivity index (χ4n) is 3.45. The van der Waals surface area contributed by atoms with Gasteiger partial charge in [0.05, 0.1) is 31.4 Å². The molecule has 3 aromatic rings. The predicted molar refractivity (Wildman–Crippen MR) is 103 cm³/mol. The van der Waals surface area contributed by atoms with E-state index in [1.165, 1.54) is 19.2 Å². The minimum absolute atomic E-state index is 0.0167. The number of ether oxygens (including phenoxy) is 3. The predicted octanol–water partition coefficient (Wildman–Crippen LogP) is 3.45. The number of nitrogens with zero attached hydrogens (tertiary/aromatic N) is 2. The lowest BCUT2D eigenvalue weighted by molar-refractivity contribution is 0.354. The van der Waals surface area contributed by atoms with Crippen LogP contribution < -0.4 is 19.9 Å². The molecule has 2 aromatic carbocycles. The molecule has 0 aliphatic carbocycles. The Hall–Kier alpha value is -3.99. The lowest BCUT2D eigenvalue weighted by Gasteiger charge is -2.24. The summed E-state index contributed by atoms with van der Waals surface area (Å²) in [6, 6.07) is 13.5. The first-order valence-electron chi connectivity index (χ1n) is 8.71. The van der Waals surface area contributed by atoms with Crippen molar-refractivity contribution in [3.8, 4) is 34.7 Å². The molecule has 4 rings (SSSR count). The lowest BCUT2D eigenvalue weighted by atomic mass is 9.83. The van der Waals surface area contributed by atoms with Crippen LogP contribution in [0.5, 0.6) is 17.4 Å². The number of aromatic nitrogens is 2. The summed E-state index contributed by atoms with van der Waals surface area (Å²) in [7, 11) is 3.08. The molecule has 2 heterocycles. The molecule has 0 bridgehead atoms. The van der Waals surface area contributed by atoms with Crippen molar-refractivity contribution in [2.24, 2.45) is 5.73 Å². The number of methoxy groups -OCH3 is 2. The molecule has 1 atom stereocenters. The molecular formula is C21H17FN4O3. The molecule has 8 heteroatoms. The summed E-state index contributed by atoms with van der Waals surface area (Å²) in [6.07, 6.45) is 0. The Bertz CT molecular complexity index is 1150. The average molecular weight is 392 g/mol. The molecule has 1 aliphatic rings. The van der Waals surface area contributed by atoms with Gasteiger partial charge in [-0.1, -0.05) is 6.07 Å². The van der Waals surface area contributed by atoms with Crippen LogP contribution in [-0.2, 0) is 0 Å². The molecule has 1 aromatic heterocycles. The van der Waals surface area contributed by atoms with Gasteiger partial charge in [-0.2, -0.15) is 5.26 Å². The number of benzene rings is 2. The number of H-pyrrole nitrogens is 1. The summed E-state index contributed by atoms with van der Waals surface area (Å²) in [5.74, 6) is 0.419. The zero-order valence-corrected chi connectivity index (χ0v) is 15.7. The minimum Gasteiger partial charge on any atom is -0.493 e. The van der Waals surface area contributed by atoms with Crippen LogP contribution in [0.25, 0.3) is 11.3 Å². The molecule has 29 heavy (non-hydrogen) atoms. The van der Waals surface area contributed by atoms with Crippen molar-refractivity contribution in [1.82, 2.24) is 10.2 Å². The third-order valence-corrected chi connectivity index (χ3v) is 4.81. The fraction of sp³-hybridized carbons (Fsp3) is 0.143. The first kappa shape index (κ1) is 18.4. The number of halogens is 1. The van der Waals surface area contributed by atoms with Gasteiger partial charge in [0, 0.05) is 5.56 Å². The van der Waals surface area contributed by atoms with E-state index in [0.717, 1.165) is 5.56 Å². The highest BCUT2D eigenvalue weighted by Crippen LogP contribution is 2.46. The number of nitrogens with two attached hydrogens (primary N) is 1. The van der Waals surface area contributed by atoms with E-state index >= 15 is 0 Å². The first-order valence-corrected chi connectivity index (χ1v) is 8.71. The summed E-state index contributed by atoms with van der Waals surface area (Å²) in [6.45, 7) is 0. The number of nitriles is 1. The topological polar surface area (TPSA) is 106 Å². The number of allylic oxidation sites excluding steroid dienone is 1. The van der Waals surface area contributed by atoms with Gasteiger partial charge >= 0.3 is 0 Å². The number of nitrogens with one attached hydrogen (secondary N) is 1. The maximum absolute atomic E-state index is 13.4. The van der Waals surface area contributed by atoms with Crippen molar-refractivity contribution >= 4 is 0 Å². The molecule has 0 amide bonds. The zero-order valence-electron chi connectivity index (χ0n) is 15.7. The molecule has 0 fully saturated rings. The highest BCUT2D eigenvalue weighted by Gasteiger charge is 2.36. The third-order valence-electron chi connectivity index (χ3n) is 4.81. The van der Waals surface area contributed by atoms with E-state index in [-0.39, 0.29) is 23.2 Å². The smallest absolute Gasteiger partial charge is 0.244 e. The van der Waals surface area contributed by atoms with Crippen molar-refractivity contribution in [3.05, 3.63) is 70.9 Å². The molecule has 0 saturated heterocycles. The highest BCUT2D eigenvalue weighted by atomic mass is 19.1. The Morgan fingerprint density at radius 3 is 2.52 bits per heavy atom. The van der Waals surface area contributed by atoms with Crippen LogP contribution >= 0.6 is 0 Å². The molecule has 146 valence electrons. The van der Waals surface area contributed by atoms with Crippen molar-refractivity contribution in [1.29, 1.82) is 5.26 Å². The average Bonchev–Trinajstić information content (AvgIpc) is 3.16. The Balaban J connectivity index is 1.93. The van der Waals surface area contributed by atoms with Gasteiger partial charge in [-0.05, 0) is 42.0 Å². The minimum atomic E-state index is -0.553. The normalized spacial score (nSPS) is 15.3. The Labute approximate surface area is 166 Å². The van der Waals surface area contributed by atoms with Crippen LogP contribution in [0.3, 0.4) is 0 Å². The second kappa shape index (κ2) is 7.20. The molecule has 0 saturated carbocycles. The zero-order chi connectivity index (χ0) is 20.5. The summed E-state index contributed by atoms with van der Waals surface area (Å²) in [4.78, 5) is 0. The van der Waals surface area contributed by atoms with E-state index in [4.69, 9.17) is 19.9 Å². The van der Waals surface area contributed by atoms with Gasteiger partial charge in [0.2, 0.25) is 11.8 Å². The Morgan fingerprint density at radius 2 is 1.86 bits per heavy atom. The highest BCUT2D eigenvalue weighted by molar-refractivity contribution is 5.71. The van der Waals surface area contributed by atoms with Crippen molar-refractivity contribution < 1.29 is 18.6 Å². The maximum atomic E-state index is 13.4. The standard InChI is InChI=1S/C21H17FN4O3/c1-27-15-8-5-12(9-16(15)28-2)17-14(10-23)20(24)29-21-18(17)19(25-26-21)11-3-6-13(22)7-4-11/h3-9,17H,24H2,1-2H3,(H,25,26). The van der Waals surface area contributed by atoms with Gasteiger partial charge in [0.1, 0.15) is 17.5 Å². The Kier molecular flexibility index (Phi) is 4.56. The van der Waals surface area contributed by atoms with Crippen LogP contribution in [-0.4, -0.2) is 24.4 Å². The van der Waals surface area contributed by atoms with Gasteiger partial charge < -0.3 is 19.9 Å². The molecular weight excluding hydrogens is 375 g/mol. The molecule has 0 spiro atoms. The first-order chi connectivity index (χ1) is 14.1. The number of aromatic amines is 1. The molecule has 1 aliphatic heterocycles.